The highest BCUT2D eigenvalue weighted by molar-refractivity contribution is 6.30. The molecule has 7 heteroatoms. The van der Waals surface area contributed by atoms with Crippen LogP contribution in [0.4, 0.5) is 0 Å². The van der Waals surface area contributed by atoms with Gasteiger partial charge in [-0.2, -0.15) is 5.10 Å². The van der Waals surface area contributed by atoms with E-state index >= 15 is 0 Å². The molecule has 6 nitrogen and oxygen atoms in total. The number of likely N-dealkylation sites (tertiary alicyclic amines) is 1. The van der Waals surface area contributed by atoms with Gasteiger partial charge in [0.1, 0.15) is 12.4 Å². The number of amides is 1. The summed E-state index contributed by atoms with van der Waals surface area (Å²) in [4.78, 5) is 17.7. The van der Waals surface area contributed by atoms with Gasteiger partial charge in [-0.3, -0.25) is 14.4 Å². The largest absolute Gasteiger partial charge is 0.492 e. The van der Waals surface area contributed by atoms with E-state index in [1.165, 1.54) is 5.69 Å². The van der Waals surface area contributed by atoms with Crippen molar-refractivity contribution in [2.45, 2.75) is 51.2 Å². The van der Waals surface area contributed by atoms with E-state index in [1.54, 1.807) is 0 Å². The van der Waals surface area contributed by atoms with Crippen molar-refractivity contribution < 1.29 is 9.53 Å². The minimum atomic E-state index is 0.0912. The van der Waals surface area contributed by atoms with Crippen molar-refractivity contribution in [3.05, 3.63) is 58.4 Å². The lowest BCUT2D eigenvalue weighted by atomic mass is 9.89. The smallest absolute Gasteiger partial charge is 0.274 e. The van der Waals surface area contributed by atoms with Crippen LogP contribution in [0.1, 0.15) is 46.6 Å². The number of hydrogen-bond donors (Lipinski definition) is 0. The molecule has 1 amide bonds. The van der Waals surface area contributed by atoms with E-state index in [0.717, 1.165) is 80.2 Å². The third-order valence-electron chi connectivity index (χ3n) is 6.77. The number of ether oxygens (including phenoxy) is 1. The summed E-state index contributed by atoms with van der Waals surface area (Å²) in [7, 11) is 0. The Labute approximate surface area is 188 Å². The molecule has 0 N–H and O–H groups in total. The molecule has 0 radical (unpaired) electrons. The lowest BCUT2D eigenvalue weighted by molar-refractivity contribution is 0.0784. The molecule has 1 atom stereocenters. The van der Waals surface area contributed by atoms with Crippen LogP contribution in [0.15, 0.2) is 30.9 Å². The van der Waals surface area contributed by atoms with Crippen molar-refractivity contribution in [2.75, 3.05) is 26.2 Å². The number of carbonyl (C=O) groups is 1. The lowest BCUT2D eigenvalue weighted by Gasteiger charge is -2.33. The summed E-state index contributed by atoms with van der Waals surface area (Å²) in [6, 6.07) is 6.21. The maximum Gasteiger partial charge on any atom is 0.274 e. The van der Waals surface area contributed by atoms with Gasteiger partial charge in [-0.1, -0.05) is 17.7 Å². The Morgan fingerprint density at radius 3 is 2.94 bits per heavy atom. The third-order valence-corrected chi connectivity index (χ3v) is 7.00. The summed E-state index contributed by atoms with van der Waals surface area (Å²) in [6.45, 7) is 8.53. The number of allylic oxidation sites excluding steroid dienone is 1. The molecule has 164 valence electrons. The fourth-order valence-electron chi connectivity index (χ4n) is 5.19. The van der Waals surface area contributed by atoms with Crippen LogP contribution < -0.4 is 4.74 Å². The summed E-state index contributed by atoms with van der Waals surface area (Å²) in [5.41, 5.74) is 4.11. The van der Waals surface area contributed by atoms with Crippen LogP contribution in [0.5, 0.6) is 5.75 Å². The lowest BCUT2D eigenvalue weighted by Crippen LogP contribution is -2.40. The molecule has 3 aliphatic rings. The molecule has 1 saturated heterocycles. The maximum absolute atomic E-state index is 13.3. The van der Waals surface area contributed by atoms with Crippen LogP contribution >= 0.6 is 11.6 Å². The van der Waals surface area contributed by atoms with Crippen molar-refractivity contribution in [3.8, 4) is 5.75 Å². The van der Waals surface area contributed by atoms with E-state index in [2.05, 4.69) is 11.5 Å². The molecule has 0 bridgehead atoms. The Bertz CT molecular complexity index is 996. The standard InChI is InChI=1S/C24H29ClN4O2/c1-2-9-29-21-7-6-19(15-20(21)23(26-29)24(30)27-10-3-4-11-27)28-12-13-31-22-8-5-18(25)14-17(22)16-28/h2,5,8,14,19H,1,3-4,6-7,9-13,15-16H2. The minimum Gasteiger partial charge on any atom is -0.492 e. The van der Waals surface area contributed by atoms with E-state index in [1.807, 2.05) is 33.9 Å². The second-order valence-electron chi connectivity index (χ2n) is 8.71. The number of hydrogen-bond acceptors (Lipinski definition) is 4. The van der Waals surface area contributed by atoms with Crippen LogP contribution in [0, 0.1) is 0 Å². The van der Waals surface area contributed by atoms with Gasteiger partial charge in [0.15, 0.2) is 5.69 Å². The van der Waals surface area contributed by atoms with Gasteiger partial charge in [-0.25, -0.2) is 0 Å². The van der Waals surface area contributed by atoms with E-state index < -0.39 is 0 Å². The normalized spacial score (nSPS) is 21.2. The van der Waals surface area contributed by atoms with Crippen molar-refractivity contribution in [1.82, 2.24) is 19.6 Å². The molecule has 1 unspecified atom stereocenters. The van der Waals surface area contributed by atoms with E-state index in [0.29, 0.717) is 24.9 Å². The topological polar surface area (TPSA) is 50.6 Å². The summed E-state index contributed by atoms with van der Waals surface area (Å²) in [5.74, 6) is 1.01. The Morgan fingerprint density at radius 1 is 1.29 bits per heavy atom. The first-order chi connectivity index (χ1) is 15.1. The molecule has 1 aromatic carbocycles. The van der Waals surface area contributed by atoms with Crippen molar-refractivity contribution in [3.63, 3.8) is 0 Å². The second kappa shape index (κ2) is 8.67. The first-order valence-electron chi connectivity index (χ1n) is 11.3. The number of benzene rings is 1. The minimum absolute atomic E-state index is 0.0912. The Morgan fingerprint density at radius 2 is 2.13 bits per heavy atom. The number of rotatable bonds is 4. The highest BCUT2D eigenvalue weighted by atomic mass is 35.5. The monoisotopic (exact) mass is 440 g/mol. The van der Waals surface area contributed by atoms with E-state index in [-0.39, 0.29) is 5.91 Å². The molecule has 1 fully saturated rings. The van der Waals surface area contributed by atoms with Gasteiger partial charge in [-0.15, -0.1) is 6.58 Å². The molecule has 1 aliphatic carbocycles. The Kier molecular flexibility index (Phi) is 5.76. The molecule has 3 heterocycles. The Balaban J connectivity index is 1.42. The first-order valence-corrected chi connectivity index (χ1v) is 11.7. The predicted octanol–water partition coefficient (Wildman–Crippen LogP) is 3.71. The molecular formula is C24H29ClN4O2. The predicted molar refractivity (Wildman–Crippen MR) is 121 cm³/mol. The third kappa shape index (κ3) is 3.99. The quantitative estimate of drug-likeness (QED) is 0.680. The zero-order valence-electron chi connectivity index (χ0n) is 17.9. The van der Waals surface area contributed by atoms with Gasteiger partial charge >= 0.3 is 0 Å². The van der Waals surface area contributed by atoms with Crippen LogP contribution in [0.2, 0.25) is 5.02 Å². The average molecular weight is 441 g/mol. The molecule has 0 saturated carbocycles. The summed E-state index contributed by atoms with van der Waals surface area (Å²) in [6.07, 6.45) is 6.84. The molecular weight excluding hydrogens is 412 g/mol. The van der Waals surface area contributed by atoms with Gasteiger partial charge < -0.3 is 9.64 Å². The van der Waals surface area contributed by atoms with Gasteiger partial charge in [0, 0.05) is 54.1 Å². The molecule has 5 rings (SSSR count). The summed E-state index contributed by atoms with van der Waals surface area (Å²) >= 11 is 6.25. The Hall–Kier alpha value is -2.31. The van der Waals surface area contributed by atoms with Crippen LogP contribution in [-0.2, 0) is 25.9 Å². The number of carbonyl (C=O) groups excluding carboxylic acids is 1. The highest BCUT2D eigenvalue weighted by Crippen LogP contribution is 2.32. The molecule has 1 aromatic heterocycles. The molecule has 2 aromatic rings. The number of nitrogens with zero attached hydrogens (tertiary/aromatic N) is 4. The van der Waals surface area contributed by atoms with Crippen molar-refractivity contribution in [1.29, 1.82) is 0 Å². The maximum atomic E-state index is 13.3. The van der Waals surface area contributed by atoms with Crippen LogP contribution in [-0.4, -0.2) is 57.8 Å². The van der Waals surface area contributed by atoms with E-state index in [4.69, 9.17) is 21.4 Å². The number of aromatic nitrogens is 2. The van der Waals surface area contributed by atoms with Gasteiger partial charge in [-0.05, 0) is 50.3 Å². The zero-order chi connectivity index (χ0) is 21.4. The summed E-state index contributed by atoms with van der Waals surface area (Å²) in [5, 5.41) is 5.50. The second-order valence-corrected chi connectivity index (χ2v) is 9.15. The molecule has 2 aliphatic heterocycles. The fraction of sp³-hybridized carbons (Fsp3) is 0.500. The zero-order valence-corrected chi connectivity index (χ0v) is 18.6. The number of halogens is 1. The van der Waals surface area contributed by atoms with Gasteiger partial charge in [0.05, 0.1) is 6.54 Å². The average Bonchev–Trinajstić information content (AvgIpc) is 3.37. The van der Waals surface area contributed by atoms with Gasteiger partial charge in [0.2, 0.25) is 0 Å². The SMILES string of the molecule is C=CCn1nc(C(=O)N2CCCC2)c2c1CCC(N1CCOc3ccc(Cl)cc3C1)C2. The first kappa shape index (κ1) is 20.6. The fourth-order valence-corrected chi connectivity index (χ4v) is 5.39. The molecule has 0 spiro atoms. The van der Waals surface area contributed by atoms with Crippen molar-refractivity contribution >= 4 is 17.5 Å². The van der Waals surface area contributed by atoms with Gasteiger partial charge in [0.25, 0.3) is 5.91 Å². The highest BCUT2D eigenvalue weighted by Gasteiger charge is 2.34. The van der Waals surface area contributed by atoms with Crippen LogP contribution in [0.25, 0.3) is 0 Å². The molecule has 31 heavy (non-hydrogen) atoms. The van der Waals surface area contributed by atoms with E-state index in [9.17, 15) is 4.79 Å². The summed E-state index contributed by atoms with van der Waals surface area (Å²) < 4.78 is 7.96. The van der Waals surface area contributed by atoms with Crippen LogP contribution in [0.3, 0.4) is 0 Å². The number of fused-ring (bicyclic) bond motifs is 2. The van der Waals surface area contributed by atoms with Crippen molar-refractivity contribution in [2.24, 2.45) is 0 Å².